The first-order valence-electron chi connectivity index (χ1n) is 32.2. The maximum atomic E-state index is 6.18. The number of aliphatic imine (C=N–C) groups is 1. The lowest BCUT2D eigenvalue weighted by Gasteiger charge is -2.28. The fraction of sp³-hybridized carbons (Fsp3) is 0.0476. The van der Waals surface area contributed by atoms with Crippen LogP contribution < -0.4 is 5.32 Å². The van der Waals surface area contributed by atoms with Gasteiger partial charge in [0.2, 0.25) is 0 Å². The molecule has 0 saturated heterocycles. The molecular formula is C84H59N13. The number of hydrogen-bond donors (Lipinski definition) is 1. The van der Waals surface area contributed by atoms with Crippen LogP contribution in [0.15, 0.2) is 316 Å². The number of nitrogens with one attached hydrogen (secondary N) is 1. The Bertz CT molecular complexity index is 5300. The second-order valence-corrected chi connectivity index (χ2v) is 23.5. The van der Waals surface area contributed by atoms with Crippen molar-refractivity contribution in [1.82, 2.24) is 60.1 Å². The largest absolute Gasteiger partial charge is 0.381 e. The molecule has 97 heavy (non-hydrogen) atoms. The quantitative estimate of drug-likeness (QED) is 0.103. The molecule has 460 valence electrons. The van der Waals surface area contributed by atoms with Gasteiger partial charge in [0.1, 0.15) is 0 Å². The van der Waals surface area contributed by atoms with Gasteiger partial charge in [0.15, 0.2) is 0 Å². The molecule has 13 nitrogen and oxygen atoms in total. The molecule has 0 aliphatic carbocycles. The topological polar surface area (TPSA) is 166 Å². The van der Waals surface area contributed by atoms with Gasteiger partial charge >= 0.3 is 0 Å². The number of allylic oxidation sites excluding steroid dienone is 3. The summed E-state index contributed by atoms with van der Waals surface area (Å²) in [5.41, 5.74) is 22.9. The predicted octanol–water partition coefficient (Wildman–Crippen LogP) is 18.8. The van der Waals surface area contributed by atoms with E-state index >= 15 is 0 Å². The fourth-order valence-corrected chi connectivity index (χ4v) is 13.4. The summed E-state index contributed by atoms with van der Waals surface area (Å²) < 4.78 is 0. The fourth-order valence-electron chi connectivity index (χ4n) is 13.4. The van der Waals surface area contributed by atoms with Gasteiger partial charge in [-0.2, -0.15) is 0 Å². The van der Waals surface area contributed by atoms with E-state index in [1.807, 2.05) is 214 Å². The maximum absolute atomic E-state index is 6.18. The van der Waals surface area contributed by atoms with Gasteiger partial charge in [-0.3, -0.25) is 54.8 Å². The Hall–Kier alpha value is -13.0. The Morgan fingerprint density at radius 2 is 0.639 bits per heavy atom. The summed E-state index contributed by atoms with van der Waals surface area (Å²) >= 11 is 0. The molecule has 1 N–H and O–H groups in total. The van der Waals surface area contributed by atoms with Gasteiger partial charge in [0, 0.05) is 146 Å². The zero-order valence-electron chi connectivity index (χ0n) is 52.7. The van der Waals surface area contributed by atoms with Crippen LogP contribution in [0.4, 0.5) is 0 Å². The second-order valence-electron chi connectivity index (χ2n) is 23.5. The number of nitrogens with zero attached hydrogens (tertiary/aromatic N) is 12. The highest BCUT2D eigenvalue weighted by Crippen LogP contribution is 2.54. The predicted molar refractivity (Wildman–Crippen MR) is 386 cm³/mol. The van der Waals surface area contributed by atoms with E-state index in [0.717, 1.165) is 147 Å². The molecule has 0 spiro atoms. The van der Waals surface area contributed by atoms with Crippen LogP contribution in [0, 0.1) is 5.92 Å². The van der Waals surface area contributed by atoms with E-state index in [9.17, 15) is 0 Å². The van der Waals surface area contributed by atoms with Crippen LogP contribution in [-0.2, 0) is 0 Å². The number of benzene rings is 3. The minimum absolute atomic E-state index is 0.0506. The van der Waals surface area contributed by atoms with Gasteiger partial charge in [0.05, 0.1) is 80.1 Å². The minimum atomic E-state index is -0.310. The molecule has 2 aliphatic rings. The first-order valence-corrected chi connectivity index (χ1v) is 32.2. The SMILES string of the molecule is CC1CC=CN=C1c1c(-c2cc(-c3cc(-c4ccccn4)c(C4C=CC=CN4)c(-c4ccccn4)c3-c3ccccn3)cc(-c3cc(-c4ccccn4)c(-c4ccccn4)c(-c4ccccn4)c3-c3ccccn3)n2)cc(-c2ccccn2)c(-c2ccccn2)c1-c1ccccn1. The molecule has 2 atom stereocenters. The van der Waals surface area contributed by atoms with E-state index in [0.29, 0.717) is 22.8 Å². The van der Waals surface area contributed by atoms with Crippen molar-refractivity contribution in [3.05, 3.63) is 322 Å². The number of hydrogen-bond acceptors (Lipinski definition) is 13. The van der Waals surface area contributed by atoms with E-state index in [4.69, 9.17) is 59.8 Å². The van der Waals surface area contributed by atoms with Crippen molar-refractivity contribution in [3.8, 4) is 146 Å². The van der Waals surface area contributed by atoms with Crippen LogP contribution >= 0.6 is 0 Å². The molecule has 13 heteroatoms. The summed E-state index contributed by atoms with van der Waals surface area (Å²) in [5, 5.41) is 3.72. The van der Waals surface area contributed by atoms with Gasteiger partial charge < -0.3 is 5.32 Å². The van der Waals surface area contributed by atoms with Gasteiger partial charge in [-0.25, -0.2) is 4.98 Å². The molecule has 16 rings (SSSR count). The van der Waals surface area contributed by atoms with E-state index in [1.165, 1.54) is 0 Å². The summed E-state index contributed by atoms with van der Waals surface area (Å²) in [6.45, 7) is 2.24. The summed E-state index contributed by atoms with van der Waals surface area (Å²) in [4.78, 5) is 63.5. The third-order valence-corrected chi connectivity index (χ3v) is 17.6. The average Bonchev–Trinajstić information content (AvgIpc) is 0.737. The zero-order valence-corrected chi connectivity index (χ0v) is 52.7. The maximum Gasteiger partial charge on any atom is 0.0723 e. The molecule has 0 amide bonds. The van der Waals surface area contributed by atoms with Crippen LogP contribution in [0.25, 0.3) is 146 Å². The van der Waals surface area contributed by atoms with Crippen molar-refractivity contribution in [2.24, 2.45) is 10.9 Å². The van der Waals surface area contributed by atoms with Gasteiger partial charge in [-0.1, -0.05) is 85.8 Å². The van der Waals surface area contributed by atoms with Crippen LogP contribution in [0.5, 0.6) is 0 Å². The molecule has 13 heterocycles. The smallest absolute Gasteiger partial charge is 0.0723 e. The molecule has 0 saturated carbocycles. The summed E-state index contributed by atoms with van der Waals surface area (Å²) in [7, 11) is 0. The van der Waals surface area contributed by atoms with Gasteiger partial charge in [0.25, 0.3) is 0 Å². The van der Waals surface area contributed by atoms with Crippen molar-refractivity contribution in [3.63, 3.8) is 0 Å². The van der Waals surface area contributed by atoms with Crippen molar-refractivity contribution >= 4 is 5.71 Å². The Labute approximate surface area is 561 Å². The third-order valence-electron chi connectivity index (χ3n) is 17.6. The summed E-state index contributed by atoms with van der Waals surface area (Å²) in [5.74, 6) is -0.0506. The monoisotopic (exact) mass is 1250 g/mol. The highest BCUT2D eigenvalue weighted by molar-refractivity contribution is 6.17. The van der Waals surface area contributed by atoms with E-state index in [2.05, 4.69) is 109 Å². The average molecular weight is 1250 g/mol. The van der Waals surface area contributed by atoms with Crippen molar-refractivity contribution in [2.45, 2.75) is 19.4 Å². The molecule has 0 fully saturated rings. The Morgan fingerprint density at radius 3 is 1.01 bits per heavy atom. The highest BCUT2D eigenvalue weighted by Gasteiger charge is 2.34. The Morgan fingerprint density at radius 1 is 0.309 bits per heavy atom. The first-order chi connectivity index (χ1) is 48.1. The molecule has 11 aromatic heterocycles. The minimum Gasteiger partial charge on any atom is -0.381 e. The van der Waals surface area contributed by atoms with Gasteiger partial charge in [-0.05, 0) is 187 Å². The number of pyridine rings is 11. The first kappa shape index (κ1) is 59.0. The van der Waals surface area contributed by atoms with Crippen molar-refractivity contribution < 1.29 is 0 Å². The van der Waals surface area contributed by atoms with E-state index < -0.39 is 0 Å². The van der Waals surface area contributed by atoms with Crippen molar-refractivity contribution in [1.29, 1.82) is 0 Å². The lowest BCUT2D eigenvalue weighted by atomic mass is 9.79. The molecule has 0 bridgehead atoms. The molecule has 2 aliphatic heterocycles. The zero-order chi connectivity index (χ0) is 64.9. The molecule has 0 radical (unpaired) electrons. The van der Waals surface area contributed by atoms with Gasteiger partial charge in [-0.15, -0.1) is 0 Å². The van der Waals surface area contributed by atoms with E-state index in [-0.39, 0.29) is 12.0 Å². The van der Waals surface area contributed by atoms with Crippen molar-refractivity contribution in [2.75, 3.05) is 0 Å². The molecular weight excluding hydrogens is 1190 g/mol. The second kappa shape index (κ2) is 26.5. The number of rotatable bonds is 15. The lowest BCUT2D eigenvalue weighted by molar-refractivity contribution is 0.749. The number of aromatic nitrogens is 11. The van der Waals surface area contributed by atoms with E-state index in [1.54, 1.807) is 0 Å². The Kier molecular flexibility index (Phi) is 16.2. The van der Waals surface area contributed by atoms with Crippen LogP contribution in [0.3, 0.4) is 0 Å². The number of dihydropyridines is 1. The highest BCUT2D eigenvalue weighted by atomic mass is 14.9. The van der Waals surface area contributed by atoms with Crippen LogP contribution in [-0.4, -0.2) is 60.5 Å². The summed E-state index contributed by atoms with van der Waals surface area (Å²) in [6, 6.07) is 71.2. The molecule has 2 unspecified atom stereocenters. The normalized spacial score (nSPS) is 14.0. The lowest BCUT2D eigenvalue weighted by Crippen LogP contribution is -2.18. The third kappa shape index (κ3) is 11.5. The Balaban J connectivity index is 1.14. The molecule has 3 aromatic carbocycles. The van der Waals surface area contributed by atoms with Crippen LogP contribution in [0.1, 0.15) is 30.5 Å². The molecule has 14 aromatic rings. The standard InChI is InChI=1S/C84H59N13/c1-54-25-24-48-96-84(54)80-61(53-59(64-28-4-15-39-87-64)78(68-32-8-19-43-91-68)83(80)72-36-12-23-47-95-72)74-50-55(56-51-57(62-26-2-13-37-85-62)76(66-30-6-17-41-89-66)81(70-34-10-21-45-93-70)75(56)65-29-5-16-40-88-65)49-73(97-74)60-52-58(63-27-3-14-38-86-63)77(67-31-7-18-42-90-67)82(71-35-11-22-46-94-71)79(60)69-33-9-20-44-92-69/h2-24,26-54,66,89H,25H2,1H3. The van der Waals surface area contributed by atoms with Crippen LogP contribution in [0.2, 0.25) is 0 Å². The summed E-state index contributed by atoms with van der Waals surface area (Å²) in [6.07, 6.45) is 31.5.